The summed E-state index contributed by atoms with van der Waals surface area (Å²) in [6.45, 7) is 7.57. The van der Waals surface area contributed by atoms with Crippen molar-refractivity contribution in [3.63, 3.8) is 0 Å². The predicted molar refractivity (Wildman–Crippen MR) is 71.3 cm³/mol. The molecule has 1 heterocycles. The van der Waals surface area contributed by atoms with E-state index in [1.165, 1.54) is 0 Å². The summed E-state index contributed by atoms with van der Waals surface area (Å²) in [5.74, 6) is 1.43. The molecule has 1 aromatic heterocycles. The van der Waals surface area contributed by atoms with Crippen molar-refractivity contribution >= 4 is 29.1 Å². The highest BCUT2D eigenvalue weighted by atomic mass is 32.2. The molecule has 6 heteroatoms. The van der Waals surface area contributed by atoms with Crippen LogP contribution in [0.5, 0.6) is 0 Å². The first-order valence-corrected chi connectivity index (χ1v) is 7.42. The van der Waals surface area contributed by atoms with Crippen LogP contribution in [0.3, 0.4) is 0 Å². The van der Waals surface area contributed by atoms with Gasteiger partial charge < -0.3 is 4.74 Å². The van der Waals surface area contributed by atoms with Gasteiger partial charge in [0.25, 0.3) is 0 Å². The summed E-state index contributed by atoms with van der Waals surface area (Å²) in [4.78, 5) is 11.4. The highest BCUT2D eigenvalue weighted by Crippen LogP contribution is 2.17. The monoisotopic (exact) mass is 274 g/mol. The Balaban J connectivity index is 2.14. The first-order chi connectivity index (χ1) is 7.87. The minimum atomic E-state index is -0.391. The molecule has 0 saturated heterocycles. The molecule has 0 unspecified atom stereocenters. The average Bonchev–Trinajstić information content (AvgIpc) is 2.56. The van der Waals surface area contributed by atoms with Gasteiger partial charge in [-0.1, -0.05) is 0 Å². The second kappa shape index (κ2) is 6.35. The minimum absolute atomic E-state index is 0.140. The number of thioether (sulfide) groups is 1. The molecule has 0 atom stereocenters. The molecule has 1 rings (SSSR count). The molecule has 0 aromatic carbocycles. The Labute approximate surface area is 110 Å². The molecular formula is C11H18N2O2S2. The molecule has 1 aromatic rings. The summed E-state index contributed by atoms with van der Waals surface area (Å²) in [6.07, 6.45) is 0.444. The third-order valence-electron chi connectivity index (χ3n) is 1.66. The van der Waals surface area contributed by atoms with Crippen LogP contribution in [0.4, 0.5) is 0 Å². The summed E-state index contributed by atoms with van der Waals surface area (Å²) in [5.41, 5.74) is -0.391. The second-order valence-corrected chi connectivity index (χ2v) is 6.98. The molecular weight excluding hydrogens is 256 g/mol. The Morgan fingerprint density at radius 1 is 1.41 bits per heavy atom. The van der Waals surface area contributed by atoms with Gasteiger partial charge in [-0.2, -0.15) is 11.8 Å². The van der Waals surface area contributed by atoms with Crippen molar-refractivity contribution in [3.8, 4) is 0 Å². The van der Waals surface area contributed by atoms with Crippen LogP contribution in [-0.2, 0) is 15.3 Å². The van der Waals surface area contributed by atoms with Gasteiger partial charge in [0.15, 0.2) is 0 Å². The Bertz CT molecular complexity index is 372. The van der Waals surface area contributed by atoms with Gasteiger partial charge in [-0.25, -0.2) is 0 Å². The van der Waals surface area contributed by atoms with Crippen LogP contribution in [0.1, 0.15) is 37.2 Å². The van der Waals surface area contributed by atoms with Gasteiger partial charge in [0.2, 0.25) is 0 Å². The molecule has 0 N–H and O–H groups in total. The summed E-state index contributed by atoms with van der Waals surface area (Å²) in [5, 5.41) is 9.96. The third kappa shape index (κ3) is 6.63. The Morgan fingerprint density at radius 2 is 2.12 bits per heavy atom. The fourth-order valence-electron chi connectivity index (χ4n) is 1.10. The number of hydrogen-bond donors (Lipinski definition) is 0. The number of ether oxygens (including phenoxy) is 1. The maximum absolute atomic E-state index is 11.4. The fourth-order valence-corrected chi connectivity index (χ4v) is 2.78. The molecule has 0 spiro atoms. The zero-order valence-electron chi connectivity index (χ0n) is 10.6. The zero-order valence-corrected chi connectivity index (χ0v) is 12.3. The molecule has 4 nitrogen and oxygen atoms in total. The number of carbonyl (C=O) groups excluding carboxylic acids is 1. The standard InChI is InChI=1S/C11H18N2O2S2/c1-8-12-13-9(17-8)7-16-6-5-10(14)15-11(2,3)4/h5-7H2,1-4H3. The van der Waals surface area contributed by atoms with Gasteiger partial charge in [-0.05, 0) is 27.7 Å². The molecule has 0 amide bonds. The molecule has 0 aliphatic heterocycles. The lowest BCUT2D eigenvalue weighted by atomic mass is 10.2. The van der Waals surface area contributed by atoms with Gasteiger partial charge >= 0.3 is 5.97 Å². The highest BCUT2D eigenvalue weighted by Gasteiger charge is 2.15. The maximum Gasteiger partial charge on any atom is 0.307 e. The van der Waals surface area contributed by atoms with E-state index in [1.54, 1.807) is 23.1 Å². The van der Waals surface area contributed by atoms with Crippen molar-refractivity contribution in [2.75, 3.05) is 5.75 Å². The predicted octanol–water partition coefficient (Wildman–Crippen LogP) is 2.81. The number of aryl methyl sites for hydroxylation is 1. The van der Waals surface area contributed by atoms with Crippen LogP contribution in [0, 0.1) is 6.92 Å². The summed E-state index contributed by atoms with van der Waals surface area (Å²) in [6, 6.07) is 0. The first kappa shape index (κ1) is 14.4. The average molecular weight is 274 g/mol. The van der Waals surface area contributed by atoms with E-state index in [2.05, 4.69) is 10.2 Å². The van der Waals surface area contributed by atoms with Crippen LogP contribution >= 0.6 is 23.1 Å². The first-order valence-electron chi connectivity index (χ1n) is 5.45. The number of nitrogens with zero attached hydrogens (tertiary/aromatic N) is 2. The quantitative estimate of drug-likeness (QED) is 0.610. The third-order valence-corrected chi connectivity index (χ3v) is 3.66. The van der Waals surface area contributed by atoms with E-state index in [0.29, 0.717) is 6.42 Å². The van der Waals surface area contributed by atoms with Gasteiger partial charge in [-0.15, -0.1) is 21.5 Å². The largest absolute Gasteiger partial charge is 0.460 e. The fraction of sp³-hybridized carbons (Fsp3) is 0.727. The van der Waals surface area contributed by atoms with Gasteiger partial charge in [0.05, 0.1) is 6.42 Å². The second-order valence-electron chi connectivity index (χ2n) is 4.60. The summed E-state index contributed by atoms with van der Waals surface area (Å²) in [7, 11) is 0. The number of rotatable bonds is 5. The van der Waals surface area contributed by atoms with Crippen molar-refractivity contribution in [2.45, 2.75) is 45.5 Å². The highest BCUT2D eigenvalue weighted by molar-refractivity contribution is 7.98. The summed E-state index contributed by atoms with van der Waals surface area (Å²) < 4.78 is 5.22. The van der Waals surface area contributed by atoms with Crippen LogP contribution in [0.15, 0.2) is 0 Å². The lowest BCUT2D eigenvalue weighted by molar-refractivity contribution is -0.154. The molecule has 17 heavy (non-hydrogen) atoms. The van der Waals surface area contributed by atoms with Crippen LogP contribution < -0.4 is 0 Å². The molecule has 0 aliphatic rings. The smallest absolute Gasteiger partial charge is 0.307 e. The molecule has 0 saturated carbocycles. The molecule has 0 bridgehead atoms. The van der Waals surface area contributed by atoms with Crippen LogP contribution in [0.25, 0.3) is 0 Å². The lowest BCUT2D eigenvalue weighted by Gasteiger charge is -2.19. The van der Waals surface area contributed by atoms with Gasteiger partial charge in [0.1, 0.15) is 15.6 Å². The van der Waals surface area contributed by atoms with Gasteiger partial charge in [0, 0.05) is 11.5 Å². The molecule has 0 fully saturated rings. The van der Waals surface area contributed by atoms with E-state index in [-0.39, 0.29) is 5.97 Å². The van der Waals surface area contributed by atoms with Crippen molar-refractivity contribution in [1.29, 1.82) is 0 Å². The normalized spacial score (nSPS) is 11.5. The minimum Gasteiger partial charge on any atom is -0.460 e. The SMILES string of the molecule is Cc1nnc(CSCCC(=O)OC(C)(C)C)s1. The van der Waals surface area contributed by atoms with E-state index in [4.69, 9.17) is 4.74 Å². The lowest BCUT2D eigenvalue weighted by Crippen LogP contribution is -2.24. The van der Waals surface area contributed by atoms with E-state index in [0.717, 1.165) is 21.5 Å². The summed E-state index contributed by atoms with van der Waals surface area (Å²) >= 11 is 3.28. The van der Waals surface area contributed by atoms with Crippen LogP contribution in [0.2, 0.25) is 0 Å². The number of carbonyl (C=O) groups is 1. The zero-order chi connectivity index (χ0) is 12.9. The molecule has 0 aliphatic carbocycles. The van der Waals surface area contributed by atoms with Crippen molar-refractivity contribution < 1.29 is 9.53 Å². The topological polar surface area (TPSA) is 52.1 Å². The number of esters is 1. The van der Waals surface area contributed by atoms with Gasteiger partial charge in [-0.3, -0.25) is 4.79 Å². The van der Waals surface area contributed by atoms with E-state index in [9.17, 15) is 4.79 Å². The van der Waals surface area contributed by atoms with Crippen molar-refractivity contribution in [1.82, 2.24) is 10.2 Å². The number of aromatic nitrogens is 2. The molecule has 0 radical (unpaired) electrons. The van der Waals surface area contributed by atoms with E-state index >= 15 is 0 Å². The van der Waals surface area contributed by atoms with Crippen molar-refractivity contribution in [3.05, 3.63) is 10.0 Å². The van der Waals surface area contributed by atoms with E-state index in [1.807, 2.05) is 27.7 Å². The Kier molecular flexibility index (Phi) is 5.39. The Hall–Kier alpha value is -0.620. The maximum atomic E-state index is 11.4. The van der Waals surface area contributed by atoms with E-state index < -0.39 is 5.60 Å². The van der Waals surface area contributed by atoms with Crippen molar-refractivity contribution in [2.24, 2.45) is 0 Å². The Morgan fingerprint density at radius 3 is 2.65 bits per heavy atom. The van der Waals surface area contributed by atoms with Crippen LogP contribution in [-0.4, -0.2) is 27.5 Å². The molecule has 96 valence electrons. The number of hydrogen-bond acceptors (Lipinski definition) is 6.